The molecule has 6 heteroatoms. The Balaban J connectivity index is 1.48. The molecule has 5 nitrogen and oxygen atoms in total. The first-order chi connectivity index (χ1) is 10.7. The molecule has 0 unspecified atom stereocenters. The smallest absolute Gasteiger partial charge is 0.225 e. The van der Waals surface area contributed by atoms with Gasteiger partial charge in [-0.05, 0) is 31.7 Å². The molecule has 0 amide bonds. The summed E-state index contributed by atoms with van der Waals surface area (Å²) in [5, 5.41) is 0.569. The van der Waals surface area contributed by atoms with Crippen molar-refractivity contribution in [3.05, 3.63) is 41.4 Å². The van der Waals surface area contributed by atoms with Crippen LogP contribution < -0.4 is 9.64 Å². The summed E-state index contributed by atoms with van der Waals surface area (Å²) in [6.45, 7) is 4.62. The van der Waals surface area contributed by atoms with Crippen LogP contribution in [0.25, 0.3) is 0 Å². The summed E-state index contributed by atoms with van der Waals surface area (Å²) in [4.78, 5) is 14.9. The standard InChI is InChI=1S/C16H19ClN4O/c1-12-8-15(2-5-18-12)22-11-13-3-6-21(7-4-13)16-19-9-14(17)10-20-16/h2,5,8-10,13H,3-4,6-7,11H2,1H3. The molecule has 0 spiro atoms. The van der Waals surface area contributed by atoms with E-state index >= 15 is 0 Å². The van der Waals surface area contributed by atoms with Gasteiger partial charge in [0.25, 0.3) is 0 Å². The molecular formula is C16H19ClN4O. The van der Waals surface area contributed by atoms with Gasteiger partial charge in [0.1, 0.15) is 5.75 Å². The third-order valence-corrected chi connectivity index (χ3v) is 4.05. The predicted octanol–water partition coefficient (Wildman–Crippen LogP) is 3.13. The highest BCUT2D eigenvalue weighted by Gasteiger charge is 2.21. The number of nitrogens with zero attached hydrogens (tertiary/aromatic N) is 4. The van der Waals surface area contributed by atoms with Crippen LogP contribution in [-0.2, 0) is 0 Å². The number of aromatic nitrogens is 3. The minimum atomic E-state index is 0.567. The Morgan fingerprint density at radius 2 is 1.95 bits per heavy atom. The molecule has 0 saturated carbocycles. The molecule has 1 fully saturated rings. The van der Waals surface area contributed by atoms with E-state index in [1.807, 2.05) is 19.1 Å². The topological polar surface area (TPSA) is 51.1 Å². The van der Waals surface area contributed by atoms with Crippen molar-refractivity contribution in [1.82, 2.24) is 15.0 Å². The summed E-state index contributed by atoms with van der Waals surface area (Å²) >= 11 is 5.82. The lowest BCUT2D eigenvalue weighted by molar-refractivity contribution is 0.222. The zero-order valence-electron chi connectivity index (χ0n) is 12.6. The van der Waals surface area contributed by atoms with Gasteiger partial charge in [0, 0.05) is 31.0 Å². The minimum Gasteiger partial charge on any atom is -0.493 e. The molecule has 1 aliphatic rings. The molecule has 3 heterocycles. The Kier molecular flexibility index (Phi) is 4.73. The lowest BCUT2D eigenvalue weighted by Gasteiger charge is -2.31. The Bertz CT molecular complexity index is 612. The Labute approximate surface area is 135 Å². The maximum atomic E-state index is 5.88. The van der Waals surface area contributed by atoms with Gasteiger partial charge in [-0.2, -0.15) is 0 Å². The van der Waals surface area contributed by atoms with Gasteiger partial charge in [0.05, 0.1) is 24.0 Å². The quantitative estimate of drug-likeness (QED) is 0.867. The largest absolute Gasteiger partial charge is 0.493 e. The number of anilines is 1. The maximum absolute atomic E-state index is 5.88. The van der Waals surface area contributed by atoms with E-state index in [2.05, 4.69) is 19.9 Å². The molecule has 0 aromatic carbocycles. The number of aryl methyl sites for hydroxylation is 1. The Hall–Kier alpha value is -1.88. The van der Waals surface area contributed by atoms with Gasteiger partial charge in [-0.25, -0.2) is 9.97 Å². The van der Waals surface area contributed by atoms with Gasteiger partial charge in [-0.15, -0.1) is 0 Å². The minimum absolute atomic E-state index is 0.567. The van der Waals surface area contributed by atoms with E-state index in [1.54, 1.807) is 18.6 Å². The Morgan fingerprint density at radius 3 is 2.64 bits per heavy atom. The third kappa shape index (κ3) is 3.85. The summed E-state index contributed by atoms with van der Waals surface area (Å²) < 4.78 is 5.88. The fourth-order valence-electron chi connectivity index (χ4n) is 2.59. The van der Waals surface area contributed by atoms with Gasteiger partial charge in [0.2, 0.25) is 5.95 Å². The lowest BCUT2D eigenvalue weighted by Crippen LogP contribution is -2.36. The summed E-state index contributed by atoms with van der Waals surface area (Å²) in [5.74, 6) is 2.22. The third-order valence-electron chi connectivity index (χ3n) is 3.86. The second-order valence-corrected chi connectivity index (χ2v) is 6.01. The average Bonchev–Trinajstić information content (AvgIpc) is 2.54. The van der Waals surface area contributed by atoms with Crippen LogP contribution in [0.3, 0.4) is 0 Å². The number of rotatable bonds is 4. The van der Waals surface area contributed by atoms with E-state index in [9.17, 15) is 0 Å². The van der Waals surface area contributed by atoms with Crippen molar-refractivity contribution in [3.8, 4) is 5.75 Å². The fourth-order valence-corrected chi connectivity index (χ4v) is 2.69. The van der Waals surface area contributed by atoms with Crippen molar-refractivity contribution in [1.29, 1.82) is 0 Å². The summed E-state index contributed by atoms with van der Waals surface area (Å²) in [6.07, 6.45) is 7.23. The molecule has 0 aliphatic carbocycles. The second kappa shape index (κ2) is 6.92. The van der Waals surface area contributed by atoms with Crippen molar-refractivity contribution < 1.29 is 4.74 Å². The van der Waals surface area contributed by atoms with Crippen LogP contribution in [0.15, 0.2) is 30.7 Å². The number of halogens is 1. The molecule has 116 valence electrons. The van der Waals surface area contributed by atoms with Gasteiger partial charge in [-0.3, -0.25) is 4.98 Å². The van der Waals surface area contributed by atoms with Crippen LogP contribution >= 0.6 is 11.6 Å². The van der Waals surface area contributed by atoms with Crippen LogP contribution in [0.2, 0.25) is 5.02 Å². The van der Waals surface area contributed by atoms with Gasteiger partial charge < -0.3 is 9.64 Å². The Morgan fingerprint density at radius 1 is 1.23 bits per heavy atom. The normalized spacial score (nSPS) is 15.8. The van der Waals surface area contributed by atoms with E-state index in [-0.39, 0.29) is 0 Å². The van der Waals surface area contributed by atoms with Crippen molar-refractivity contribution in [2.24, 2.45) is 5.92 Å². The molecule has 0 atom stereocenters. The van der Waals surface area contributed by atoms with E-state index in [4.69, 9.17) is 16.3 Å². The van der Waals surface area contributed by atoms with Crippen LogP contribution in [-0.4, -0.2) is 34.6 Å². The van der Waals surface area contributed by atoms with Crippen molar-refractivity contribution in [2.45, 2.75) is 19.8 Å². The molecule has 1 saturated heterocycles. The molecule has 3 rings (SSSR count). The number of piperidine rings is 1. The molecular weight excluding hydrogens is 300 g/mol. The van der Waals surface area contributed by atoms with E-state index in [0.29, 0.717) is 10.9 Å². The number of hydrogen-bond acceptors (Lipinski definition) is 5. The molecule has 22 heavy (non-hydrogen) atoms. The lowest BCUT2D eigenvalue weighted by atomic mass is 9.98. The van der Waals surface area contributed by atoms with Gasteiger partial charge >= 0.3 is 0 Å². The van der Waals surface area contributed by atoms with E-state index < -0.39 is 0 Å². The molecule has 2 aromatic rings. The van der Waals surface area contributed by atoms with Crippen molar-refractivity contribution in [2.75, 3.05) is 24.6 Å². The van der Waals surface area contributed by atoms with Crippen LogP contribution in [0, 0.1) is 12.8 Å². The molecule has 0 N–H and O–H groups in total. The monoisotopic (exact) mass is 318 g/mol. The van der Waals surface area contributed by atoms with Crippen LogP contribution in [0.1, 0.15) is 18.5 Å². The van der Waals surface area contributed by atoms with E-state index in [1.165, 1.54) is 0 Å². The first-order valence-electron chi connectivity index (χ1n) is 7.48. The SMILES string of the molecule is Cc1cc(OCC2CCN(c3ncc(Cl)cn3)CC2)ccn1. The maximum Gasteiger partial charge on any atom is 0.225 e. The summed E-state index contributed by atoms with van der Waals surface area (Å²) in [5.41, 5.74) is 0.979. The van der Waals surface area contributed by atoms with Crippen molar-refractivity contribution in [3.63, 3.8) is 0 Å². The van der Waals surface area contributed by atoms with Crippen LogP contribution in [0.4, 0.5) is 5.95 Å². The highest BCUT2D eigenvalue weighted by Crippen LogP contribution is 2.22. The molecule has 0 radical (unpaired) electrons. The molecule has 2 aromatic heterocycles. The average molecular weight is 319 g/mol. The molecule has 0 bridgehead atoms. The summed E-state index contributed by atoms with van der Waals surface area (Å²) in [6, 6.07) is 3.88. The zero-order chi connectivity index (χ0) is 15.4. The summed E-state index contributed by atoms with van der Waals surface area (Å²) in [7, 11) is 0. The molecule has 1 aliphatic heterocycles. The highest BCUT2D eigenvalue weighted by molar-refractivity contribution is 6.30. The first kappa shape index (κ1) is 15.0. The predicted molar refractivity (Wildman–Crippen MR) is 86.4 cm³/mol. The second-order valence-electron chi connectivity index (χ2n) is 5.58. The fraction of sp³-hybridized carbons (Fsp3) is 0.438. The highest BCUT2D eigenvalue weighted by atomic mass is 35.5. The van der Waals surface area contributed by atoms with E-state index in [0.717, 1.165) is 49.9 Å². The zero-order valence-corrected chi connectivity index (χ0v) is 13.3. The number of hydrogen-bond donors (Lipinski definition) is 0. The van der Waals surface area contributed by atoms with Gasteiger partial charge in [0.15, 0.2) is 0 Å². The first-order valence-corrected chi connectivity index (χ1v) is 7.86. The van der Waals surface area contributed by atoms with Gasteiger partial charge in [-0.1, -0.05) is 11.6 Å². The number of ether oxygens (including phenoxy) is 1. The number of pyridine rings is 1. The van der Waals surface area contributed by atoms with Crippen molar-refractivity contribution >= 4 is 17.5 Å². The van der Waals surface area contributed by atoms with Crippen LogP contribution in [0.5, 0.6) is 5.75 Å².